The number of hydrazone groups is 1. The SMILES string of the molecule is COc1ccc(C2=NN[C@]3(C2)C(=O)Nc2ccccc23)cc1. The maximum absolute atomic E-state index is 12.5. The first-order valence-electron chi connectivity index (χ1n) is 7.12. The molecule has 2 aliphatic rings. The minimum absolute atomic E-state index is 0.0547. The Bertz CT molecular complexity index is 783. The zero-order valence-electron chi connectivity index (χ0n) is 12.1. The summed E-state index contributed by atoms with van der Waals surface area (Å²) in [7, 11) is 1.64. The number of carbonyl (C=O) groups is 1. The van der Waals surface area contributed by atoms with Crippen molar-refractivity contribution in [2.45, 2.75) is 12.0 Å². The summed E-state index contributed by atoms with van der Waals surface area (Å²) in [5.41, 5.74) is 5.94. The molecule has 0 saturated carbocycles. The molecule has 1 spiro atoms. The van der Waals surface area contributed by atoms with E-state index >= 15 is 0 Å². The lowest BCUT2D eigenvalue weighted by molar-refractivity contribution is -0.121. The second kappa shape index (κ2) is 4.59. The van der Waals surface area contributed by atoms with Gasteiger partial charge in [-0.05, 0) is 35.9 Å². The van der Waals surface area contributed by atoms with Crippen LogP contribution in [0.4, 0.5) is 5.69 Å². The number of amides is 1. The second-order valence-corrected chi connectivity index (χ2v) is 5.48. The van der Waals surface area contributed by atoms with Crippen molar-refractivity contribution in [3.63, 3.8) is 0 Å². The molecule has 5 nitrogen and oxygen atoms in total. The summed E-state index contributed by atoms with van der Waals surface area (Å²) in [4.78, 5) is 12.5. The van der Waals surface area contributed by atoms with E-state index in [1.54, 1.807) is 7.11 Å². The average Bonchev–Trinajstić information content (AvgIpc) is 3.12. The van der Waals surface area contributed by atoms with Crippen LogP contribution in [0.15, 0.2) is 53.6 Å². The fourth-order valence-electron chi connectivity index (χ4n) is 3.05. The Morgan fingerprint density at radius 2 is 1.91 bits per heavy atom. The van der Waals surface area contributed by atoms with E-state index in [4.69, 9.17) is 4.74 Å². The van der Waals surface area contributed by atoms with Crippen molar-refractivity contribution in [2.75, 3.05) is 12.4 Å². The van der Waals surface area contributed by atoms with Crippen molar-refractivity contribution in [1.29, 1.82) is 0 Å². The van der Waals surface area contributed by atoms with Crippen LogP contribution in [0.2, 0.25) is 0 Å². The lowest BCUT2D eigenvalue weighted by atomic mass is 9.86. The molecule has 5 heteroatoms. The molecule has 110 valence electrons. The minimum Gasteiger partial charge on any atom is -0.497 e. The molecule has 2 aliphatic heterocycles. The molecule has 0 radical (unpaired) electrons. The van der Waals surface area contributed by atoms with Crippen LogP contribution in [0.5, 0.6) is 5.75 Å². The number of hydrogen-bond acceptors (Lipinski definition) is 4. The largest absolute Gasteiger partial charge is 0.497 e. The summed E-state index contributed by atoms with van der Waals surface area (Å²) in [6, 6.07) is 15.4. The predicted octanol–water partition coefficient (Wildman–Crippen LogP) is 2.24. The zero-order valence-corrected chi connectivity index (χ0v) is 12.1. The van der Waals surface area contributed by atoms with Gasteiger partial charge in [-0.2, -0.15) is 5.10 Å². The van der Waals surface area contributed by atoms with Crippen LogP contribution in [0.3, 0.4) is 0 Å². The van der Waals surface area contributed by atoms with Gasteiger partial charge in [-0.1, -0.05) is 18.2 Å². The van der Waals surface area contributed by atoms with Gasteiger partial charge in [-0.25, -0.2) is 0 Å². The van der Waals surface area contributed by atoms with Gasteiger partial charge < -0.3 is 10.1 Å². The maximum Gasteiger partial charge on any atom is 0.256 e. The van der Waals surface area contributed by atoms with E-state index in [-0.39, 0.29) is 5.91 Å². The van der Waals surface area contributed by atoms with E-state index in [9.17, 15) is 4.79 Å². The standard InChI is InChI=1S/C17H15N3O2/c1-22-12-8-6-11(7-9-12)15-10-17(20-19-15)13-4-2-3-5-14(13)18-16(17)21/h2-9,20H,10H2,1H3,(H,18,21)/t17-/m0/s1. The molecule has 2 N–H and O–H groups in total. The number of nitrogens with zero attached hydrogens (tertiary/aromatic N) is 1. The third kappa shape index (κ3) is 1.72. The third-order valence-corrected chi connectivity index (χ3v) is 4.26. The summed E-state index contributed by atoms with van der Waals surface area (Å²) >= 11 is 0. The minimum atomic E-state index is -0.786. The number of rotatable bonds is 2. The molecule has 1 atom stereocenters. The molecule has 0 aromatic heterocycles. The first-order valence-corrected chi connectivity index (χ1v) is 7.12. The summed E-state index contributed by atoms with van der Waals surface area (Å²) in [5, 5.41) is 7.34. The summed E-state index contributed by atoms with van der Waals surface area (Å²) in [6.07, 6.45) is 0.530. The van der Waals surface area contributed by atoms with Crippen molar-refractivity contribution in [3.8, 4) is 5.75 Å². The number of methoxy groups -OCH3 is 1. The van der Waals surface area contributed by atoms with Gasteiger partial charge in [-0.15, -0.1) is 0 Å². The van der Waals surface area contributed by atoms with Crippen LogP contribution >= 0.6 is 0 Å². The molecule has 0 saturated heterocycles. The first kappa shape index (κ1) is 12.9. The number of ether oxygens (including phenoxy) is 1. The third-order valence-electron chi connectivity index (χ3n) is 4.26. The number of fused-ring (bicyclic) bond motifs is 2. The molecular weight excluding hydrogens is 278 g/mol. The van der Waals surface area contributed by atoms with Crippen LogP contribution < -0.4 is 15.5 Å². The van der Waals surface area contributed by atoms with E-state index in [1.165, 1.54) is 0 Å². The van der Waals surface area contributed by atoms with E-state index in [1.807, 2.05) is 48.5 Å². The van der Waals surface area contributed by atoms with E-state index in [0.717, 1.165) is 28.3 Å². The molecule has 0 bridgehead atoms. The molecule has 22 heavy (non-hydrogen) atoms. The highest BCUT2D eigenvalue weighted by Gasteiger charge is 2.50. The van der Waals surface area contributed by atoms with Crippen LogP contribution in [0.25, 0.3) is 0 Å². The van der Waals surface area contributed by atoms with E-state index < -0.39 is 5.54 Å². The van der Waals surface area contributed by atoms with Crippen LogP contribution in [-0.2, 0) is 10.3 Å². The van der Waals surface area contributed by atoms with Crippen molar-refractivity contribution < 1.29 is 9.53 Å². The lowest BCUT2D eigenvalue weighted by Gasteiger charge is -2.20. The highest BCUT2D eigenvalue weighted by atomic mass is 16.5. The number of hydrogen-bond donors (Lipinski definition) is 2. The van der Waals surface area contributed by atoms with E-state index in [0.29, 0.717) is 6.42 Å². The number of benzene rings is 2. The lowest BCUT2D eigenvalue weighted by Crippen LogP contribution is -2.42. The quantitative estimate of drug-likeness (QED) is 0.892. The van der Waals surface area contributed by atoms with Crippen LogP contribution in [0, 0.1) is 0 Å². The first-order chi connectivity index (χ1) is 10.7. The second-order valence-electron chi connectivity index (χ2n) is 5.48. The van der Waals surface area contributed by atoms with Gasteiger partial charge >= 0.3 is 0 Å². The van der Waals surface area contributed by atoms with Crippen molar-refractivity contribution >= 4 is 17.3 Å². The van der Waals surface area contributed by atoms with Gasteiger partial charge in [0.2, 0.25) is 0 Å². The maximum atomic E-state index is 12.5. The summed E-state index contributed by atoms with van der Waals surface area (Å²) in [6.45, 7) is 0. The fourth-order valence-corrected chi connectivity index (χ4v) is 3.05. The fraction of sp³-hybridized carbons (Fsp3) is 0.176. The molecule has 2 heterocycles. The van der Waals surface area contributed by atoms with Crippen molar-refractivity contribution in [2.24, 2.45) is 5.10 Å². The van der Waals surface area contributed by atoms with E-state index in [2.05, 4.69) is 15.8 Å². The van der Waals surface area contributed by atoms with Crippen molar-refractivity contribution in [1.82, 2.24) is 5.43 Å². The number of anilines is 1. The number of para-hydroxylation sites is 1. The van der Waals surface area contributed by atoms with Gasteiger partial charge in [0.05, 0.1) is 12.8 Å². The molecule has 4 rings (SSSR count). The molecule has 2 aromatic rings. The number of carbonyl (C=O) groups excluding carboxylic acids is 1. The van der Waals surface area contributed by atoms with Gasteiger partial charge in [0.1, 0.15) is 5.75 Å². The normalized spacial score (nSPS) is 22.0. The van der Waals surface area contributed by atoms with Crippen LogP contribution in [-0.4, -0.2) is 18.7 Å². The predicted molar refractivity (Wildman–Crippen MR) is 84.0 cm³/mol. The van der Waals surface area contributed by atoms with Crippen molar-refractivity contribution in [3.05, 3.63) is 59.7 Å². The molecule has 1 amide bonds. The topological polar surface area (TPSA) is 62.7 Å². The Hall–Kier alpha value is -2.82. The van der Waals surface area contributed by atoms with Gasteiger partial charge in [0.25, 0.3) is 5.91 Å². The Morgan fingerprint density at radius 3 is 2.68 bits per heavy atom. The molecule has 0 aliphatic carbocycles. The van der Waals surface area contributed by atoms with Crippen LogP contribution in [0.1, 0.15) is 17.5 Å². The Kier molecular flexibility index (Phi) is 2.69. The highest BCUT2D eigenvalue weighted by Crippen LogP contribution is 2.41. The van der Waals surface area contributed by atoms with Gasteiger partial charge in [0, 0.05) is 17.7 Å². The molecular formula is C17H15N3O2. The Labute approximate surface area is 128 Å². The van der Waals surface area contributed by atoms with Gasteiger partial charge in [-0.3, -0.25) is 10.2 Å². The molecule has 0 unspecified atom stereocenters. The average molecular weight is 293 g/mol. The summed E-state index contributed by atoms with van der Waals surface area (Å²) < 4.78 is 5.17. The summed E-state index contributed by atoms with van der Waals surface area (Å²) in [5.74, 6) is 0.745. The number of nitrogens with one attached hydrogen (secondary N) is 2. The smallest absolute Gasteiger partial charge is 0.256 e. The monoisotopic (exact) mass is 293 g/mol. The van der Waals surface area contributed by atoms with Gasteiger partial charge in [0.15, 0.2) is 5.54 Å². The Morgan fingerprint density at radius 1 is 1.14 bits per heavy atom. The highest BCUT2D eigenvalue weighted by molar-refractivity contribution is 6.13. The molecule has 2 aromatic carbocycles. The molecule has 0 fully saturated rings. The zero-order chi connectivity index (χ0) is 15.2. The Balaban J connectivity index is 1.67.